The number of fused-ring (bicyclic) bond motifs is 1. The fourth-order valence-electron chi connectivity index (χ4n) is 5.47. The highest BCUT2D eigenvalue weighted by Crippen LogP contribution is 2.38. The molecule has 4 aromatic rings. The van der Waals surface area contributed by atoms with Gasteiger partial charge >= 0.3 is 6.03 Å². The number of benzene rings is 2. The van der Waals surface area contributed by atoms with Gasteiger partial charge in [-0.3, -0.25) is 9.69 Å². The van der Waals surface area contributed by atoms with Crippen LogP contribution < -0.4 is 20.5 Å². The lowest BCUT2D eigenvalue weighted by atomic mass is 9.88. The zero-order chi connectivity index (χ0) is 33.4. The van der Waals surface area contributed by atoms with Crippen molar-refractivity contribution in [3.63, 3.8) is 0 Å². The third-order valence-corrected chi connectivity index (χ3v) is 8.23. The normalized spacial score (nSPS) is 11.4. The number of nitrogens with one attached hydrogen (secondary N) is 2. The zero-order valence-electron chi connectivity index (χ0n) is 28.6. The number of likely N-dealkylation sites (N-methyl/N-ethyl adjacent to an activating group) is 1. The Morgan fingerprint density at radius 3 is 2.28 bits per heavy atom. The predicted octanol–water partition coefficient (Wildman–Crippen LogP) is 8.56. The highest BCUT2D eigenvalue weighted by molar-refractivity contribution is 6.04. The smallest absolute Gasteiger partial charge is 0.326 e. The first-order valence-corrected chi connectivity index (χ1v) is 16.4. The van der Waals surface area contributed by atoms with Crippen molar-refractivity contribution in [3.8, 4) is 16.9 Å². The SMILES string of the molecule is CCN(CC)CCOc1cccc(-c2cc(C(C)C)c(NC(=O)N(CC=C(C)C)c3cc4cccnc4[nH]c3=O)c(C(C)C)c2)c1. The van der Waals surface area contributed by atoms with E-state index >= 15 is 0 Å². The summed E-state index contributed by atoms with van der Waals surface area (Å²) in [7, 11) is 0. The van der Waals surface area contributed by atoms with Crippen LogP contribution in [0.15, 0.2) is 77.2 Å². The molecule has 2 aromatic heterocycles. The van der Waals surface area contributed by atoms with Crippen molar-refractivity contribution in [2.45, 2.75) is 67.2 Å². The van der Waals surface area contributed by atoms with Crippen molar-refractivity contribution in [2.24, 2.45) is 0 Å². The van der Waals surface area contributed by atoms with Gasteiger partial charge < -0.3 is 19.9 Å². The number of ether oxygens (including phenoxy) is 1. The highest BCUT2D eigenvalue weighted by Gasteiger charge is 2.24. The van der Waals surface area contributed by atoms with Crippen LogP contribution in [0.25, 0.3) is 22.2 Å². The van der Waals surface area contributed by atoms with Gasteiger partial charge in [0.15, 0.2) is 0 Å². The number of aromatic amines is 1. The molecular weight excluding hydrogens is 574 g/mol. The molecule has 0 radical (unpaired) electrons. The maximum atomic E-state index is 14.2. The number of rotatable bonds is 13. The number of nitrogens with zero attached hydrogens (tertiary/aromatic N) is 3. The molecule has 8 heteroatoms. The fraction of sp³-hybridized carbons (Fsp3) is 0.395. The van der Waals surface area contributed by atoms with Crippen molar-refractivity contribution in [3.05, 3.63) is 93.9 Å². The summed E-state index contributed by atoms with van der Waals surface area (Å²) in [6.07, 6.45) is 3.58. The van der Waals surface area contributed by atoms with E-state index in [1.165, 1.54) is 4.90 Å². The zero-order valence-corrected chi connectivity index (χ0v) is 28.6. The van der Waals surface area contributed by atoms with Crippen molar-refractivity contribution in [1.82, 2.24) is 14.9 Å². The molecule has 0 atom stereocenters. The number of pyridine rings is 2. The molecule has 244 valence electrons. The largest absolute Gasteiger partial charge is 0.492 e. The maximum absolute atomic E-state index is 14.2. The van der Waals surface area contributed by atoms with Gasteiger partial charge in [-0.2, -0.15) is 0 Å². The molecule has 2 N–H and O–H groups in total. The summed E-state index contributed by atoms with van der Waals surface area (Å²) in [5.74, 6) is 1.09. The van der Waals surface area contributed by atoms with E-state index in [-0.39, 0.29) is 35.7 Å². The van der Waals surface area contributed by atoms with E-state index in [1.807, 2.05) is 44.2 Å². The molecule has 2 aromatic carbocycles. The predicted molar refractivity (Wildman–Crippen MR) is 191 cm³/mol. The molecular formula is C38H49N5O3. The molecule has 2 amide bonds. The second kappa shape index (κ2) is 15.7. The van der Waals surface area contributed by atoms with E-state index in [1.54, 1.807) is 12.3 Å². The van der Waals surface area contributed by atoms with Gasteiger partial charge in [-0.15, -0.1) is 0 Å². The number of allylic oxidation sites excluding steroid dienone is 1. The van der Waals surface area contributed by atoms with Gasteiger partial charge in [0, 0.05) is 30.4 Å². The molecule has 8 nitrogen and oxygen atoms in total. The topological polar surface area (TPSA) is 90.6 Å². The Labute approximate surface area is 273 Å². The first-order valence-electron chi connectivity index (χ1n) is 16.4. The third-order valence-electron chi connectivity index (χ3n) is 8.23. The van der Waals surface area contributed by atoms with Crippen LogP contribution in [0, 0.1) is 0 Å². The lowest BCUT2D eigenvalue weighted by molar-refractivity contribution is 0.223. The highest BCUT2D eigenvalue weighted by atomic mass is 16.5. The van der Waals surface area contributed by atoms with Crippen LogP contribution >= 0.6 is 0 Å². The van der Waals surface area contributed by atoms with Gasteiger partial charge in [0.05, 0.1) is 0 Å². The lowest BCUT2D eigenvalue weighted by Crippen LogP contribution is -2.39. The molecule has 2 heterocycles. The number of carbonyl (C=O) groups excluding carboxylic acids is 1. The molecule has 0 saturated heterocycles. The third kappa shape index (κ3) is 8.43. The van der Waals surface area contributed by atoms with Gasteiger partial charge in [-0.1, -0.05) is 65.3 Å². The number of aromatic nitrogens is 2. The summed E-state index contributed by atoms with van der Waals surface area (Å²) in [6.45, 7) is 20.6. The minimum atomic E-state index is -0.369. The van der Waals surface area contributed by atoms with E-state index < -0.39 is 0 Å². The van der Waals surface area contributed by atoms with E-state index in [4.69, 9.17) is 4.74 Å². The number of hydrogen-bond acceptors (Lipinski definition) is 5. The van der Waals surface area contributed by atoms with Crippen LogP contribution in [0.1, 0.15) is 78.4 Å². The monoisotopic (exact) mass is 623 g/mol. The molecule has 0 fully saturated rings. The second-order valence-electron chi connectivity index (χ2n) is 12.5. The summed E-state index contributed by atoms with van der Waals surface area (Å²) in [5.41, 5.74) is 6.40. The van der Waals surface area contributed by atoms with Gasteiger partial charge in [0.1, 0.15) is 23.7 Å². The minimum Gasteiger partial charge on any atom is -0.492 e. The van der Waals surface area contributed by atoms with Gasteiger partial charge in [0.2, 0.25) is 0 Å². The fourth-order valence-corrected chi connectivity index (χ4v) is 5.47. The molecule has 0 unspecified atom stereocenters. The first-order chi connectivity index (χ1) is 22.0. The number of hydrogen-bond donors (Lipinski definition) is 2. The standard InChI is InChI=1S/C38H49N5O3/c1-9-42(10-2)19-20-46-31-15-11-13-28(21-31)30-22-32(26(5)6)35(33(23-30)27(7)8)40-38(45)43(18-16-25(3)4)34-24-29-14-12-17-39-36(29)41-37(34)44/h11-17,21-24,26-27H,9-10,18-20H2,1-8H3,(H,40,45)(H,39,41,44). The lowest BCUT2D eigenvalue weighted by Gasteiger charge is -2.26. The first kappa shape index (κ1) is 34.4. The van der Waals surface area contributed by atoms with Crippen molar-refractivity contribution in [2.75, 3.05) is 43.0 Å². The van der Waals surface area contributed by atoms with Crippen molar-refractivity contribution in [1.29, 1.82) is 0 Å². The van der Waals surface area contributed by atoms with E-state index in [2.05, 4.69) is 86.0 Å². The van der Waals surface area contributed by atoms with E-state index in [0.717, 1.165) is 64.3 Å². The Kier molecular flexibility index (Phi) is 11.8. The molecule has 0 aliphatic carbocycles. The number of urea groups is 1. The Balaban J connectivity index is 1.72. The maximum Gasteiger partial charge on any atom is 0.326 e. The molecule has 0 spiro atoms. The second-order valence-corrected chi connectivity index (χ2v) is 12.5. The summed E-state index contributed by atoms with van der Waals surface area (Å²) in [6, 6.07) is 17.6. The number of H-pyrrole nitrogens is 1. The average molecular weight is 624 g/mol. The van der Waals surface area contributed by atoms with Crippen LogP contribution in [0.5, 0.6) is 5.75 Å². The molecule has 0 saturated carbocycles. The molecule has 0 aliphatic heterocycles. The van der Waals surface area contributed by atoms with Crippen LogP contribution in [0.4, 0.5) is 16.2 Å². The van der Waals surface area contributed by atoms with Gasteiger partial charge in [-0.25, -0.2) is 9.78 Å². The Morgan fingerprint density at radius 1 is 0.957 bits per heavy atom. The number of anilines is 2. The summed E-state index contributed by atoms with van der Waals surface area (Å²) < 4.78 is 6.14. The Morgan fingerprint density at radius 2 is 1.65 bits per heavy atom. The van der Waals surface area contributed by atoms with Crippen LogP contribution in [0.3, 0.4) is 0 Å². The van der Waals surface area contributed by atoms with E-state index in [0.29, 0.717) is 12.3 Å². The molecule has 0 aliphatic rings. The van der Waals surface area contributed by atoms with Crippen molar-refractivity contribution < 1.29 is 9.53 Å². The van der Waals surface area contributed by atoms with Crippen LogP contribution in [0.2, 0.25) is 0 Å². The quantitative estimate of drug-likeness (QED) is 0.146. The summed E-state index contributed by atoms with van der Waals surface area (Å²) in [5, 5.41) is 3.99. The molecule has 4 rings (SSSR count). The van der Waals surface area contributed by atoms with Crippen LogP contribution in [-0.4, -0.2) is 53.7 Å². The van der Waals surface area contributed by atoms with Gasteiger partial charge in [0.25, 0.3) is 5.56 Å². The summed E-state index contributed by atoms with van der Waals surface area (Å²) in [4.78, 5) is 38.3. The molecule has 0 bridgehead atoms. The average Bonchev–Trinajstić information content (AvgIpc) is 3.03. The number of carbonyl (C=O) groups is 1. The Bertz CT molecular complexity index is 1700. The van der Waals surface area contributed by atoms with Crippen LogP contribution in [-0.2, 0) is 0 Å². The molecule has 46 heavy (non-hydrogen) atoms. The summed E-state index contributed by atoms with van der Waals surface area (Å²) >= 11 is 0. The number of amides is 2. The van der Waals surface area contributed by atoms with E-state index in [9.17, 15) is 9.59 Å². The minimum absolute atomic E-state index is 0.127. The Hall–Kier alpha value is -4.43. The van der Waals surface area contributed by atoms with Gasteiger partial charge in [-0.05, 0) is 103 Å². The van der Waals surface area contributed by atoms with Crippen molar-refractivity contribution >= 4 is 28.4 Å².